The van der Waals surface area contributed by atoms with E-state index in [4.69, 9.17) is 9.85 Å². The fourth-order valence-corrected chi connectivity index (χ4v) is 9.99. The predicted octanol–water partition coefficient (Wildman–Crippen LogP) is 8.58. The average Bonchev–Trinajstić information content (AvgIpc) is 3.42. The van der Waals surface area contributed by atoms with Crippen LogP contribution in [0.5, 0.6) is 0 Å². The molecular formula is C31H27BrN5O2P. The molecule has 0 aromatic heterocycles. The molecule has 0 aliphatic carbocycles. The number of nitro benzene ring substituents is 1. The van der Waals surface area contributed by atoms with Gasteiger partial charge in [0.2, 0.25) is 0 Å². The largest absolute Gasteiger partial charge is 0.346 e. The van der Waals surface area contributed by atoms with E-state index >= 15 is 0 Å². The Bertz CT molecular complexity index is 1750. The Balaban J connectivity index is 1.74. The molecule has 6 rings (SSSR count). The number of benzene rings is 4. The first-order valence-corrected chi connectivity index (χ1v) is 15.3. The number of hydrazone groups is 1. The molecule has 9 heteroatoms. The molecule has 0 radical (unpaired) electrons. The van der Waals surface area contributed by atoms with Crippen LogP contribution in [-0.4, -0.2) is 18.2 Å². The number of likely N-dealkylation sites (N-methyl/N-ethyl adjacent to an activating group) is 1. The molecule has 0 saturated heterocycles. The Kier molecular flexibility index (Phi) is 6.48. The van der Waals surface area contributed by atoms with E-state index in [1.807, 2.05) is 54.7 Å². The van der Waals surface area contributed by atoms with E-state index in [0.717, 1.165) is 27.7 Å². The third kappa shape index (κ3) is 4.02. The number of hydrogen-bond acceptors (Lipinski definition) is 5. The summed E-state index contributed by atoms with van der Waals surface area (Å²) in [5.41, 5.74) is 4.77. The van der Waals surface area contributed by atoms with Gasteiger partial charge in [-0.2, -0.15) is 5.10 Å². The summed E-state index contributed by atoms with van der Waals surface area (Å²) in [4.78, 5) is 13.4. The topological polar surface area (TPSA) is 74.3 Å². The van der Waals surface area contributed by atoms with Gasteiger partial charge in [-0.15, -0.1) is 0 Å². The van der Waals surface area contributed by atoms with Crippen molar-refractivity contribution in [1.29, 1.82) is 0 Å². The molecular weight excluding hydrogens is 585 g/mol. The predicted molar refractivity (Wildman–Crippen MR) is 168 cm³/mol. The number of nitro groups is 1. The van der Waals surface area contributed by atoms with Crippen LogP contribution >= 0.6 is 23.1 Å². The molecule has 1 unspecified atom stereocenters. The van der Waals surface area contributed by atoms with Crippen molar-refractivity contribution < 1.29 is 4.92 Å². The van der Waals surface area contributed by atoms with E-state index in [0.29, 0.717) is 10.2 Å². The first kappa shape index (κ1) is 26.2. The molecule has 200 valence electrons. The maximum absolute atomic E-state index is 11.5. The van der Waals surface area contributed by atoms with Gasteiger partial charge < -0.3 is 4.90 Å². The summed E-state index contributed by atoms with van der Waals surface area (Å²) in [6, 6.07) is 33.6. The summed E-state index contributed by atoms with van der Waals surface area (Å²) in [5, 5.41) is 18.6. The number of non-ortho nitro benzene ring substituents is 1. The van der Waals surface area contributed by atoms with Crippen LogP contribution in [0.1, 0.15) is 19.4 Å². The van der Waals surface area contributed by atoms with E-state index in [1.54, 1.807) is 6.07 Å². The molecule has 7 nitrogen and oxygen atoms in total. The smallest absolute Gasteiger partial charge is 0.270 e. The Labute approximate surface area is 241 Å². The average molecular weight is 612 g/mol. The lowest BCUT2D eigenvalue weighted by Gasteiger charge is -2.35. The maximum atomic E-state index is 11.5. The SMILES string of the molecule is CN1/C(=C2\C=NN(c3ccccc3)P2(=Nc2ccc([N+](=O)[O-])cc2Br)c2ccccc2)C(C)(C)c2ccccc21. The number of allylic oxidation sites excluding steroid dienone is 2. The quantitative estimate of drug-likeness (QED) is 0.132. The zero-order valence-electron chi connectivity index (χ0n) is 22.3. The lowest BCUT2D eigenvalue weighted by molar-refractivity contribution is -0.384. The number of nitrogens with zero attached hydrogens (tertiary/aromatic N) is 5. The molecule has 0 spiro atoms. The number of fused-ring (bicyclic) bond motifs is 1. The van der Waals surface area contributed by atoms with Crippen molar-refractivity contribution in [2.24, 2.45) is 9.85 Å². The van der Waals surface area contributed by atoms with Crippen LogP contribution in [0.4, 0.5) is 22.7 Å². The van der Waals surface area contributed by atoms with Crippen LogP contribution < -0.4 is 15.0 Å². The molecule has 4 aromatic carbocycles. The number of halogens is 1. The van der Waals surface area contributed by atoms with Gasteiger partial charge in [0.05, 0.1) is 27.8 Å². The van der Waals surface area contributed by atoms with Gasteiger partial charge in [-0.05, 0) is 45.8 Å². The standard InChI is InChI=1S/C31H27BrN5O2P/c1-31(2)25-16-10-11-17-28(25)35(3)30(31)29-21-33-36(22-12-6-4-7-13-22)40(29,24-14-8-5-9-15-24)34-27-19-18-23(37(38)39)20-26(27)32/h4-21H,1-3H3/b30-29+. The van der Waals surface area contributed by atoms with Gasteiger partial charge in [-0.25, -0.2) is 9.52 Å². The normalized spacial score (nSPS) is 21.0. The number of hydrogen-bond donors (Lipinski definition) is 0. The summed E-state index contributed by atoms with van der Waals surface area (Å²) in [5.74, 6) is 0. The molecule has 0 fully saturated rings. The van der Waals surface area contributed by atoms with Gasteiger partial charge in [0.15, 0.2) is 0 Å². The Hall–Kier alpha value is -4.00. The van der Waals surface area contributed by atoms with Crippen LogP contribution in [-0.2, 0) is 5.41 Å². The number of anilines is 2. The molecule has 2 aliphatic heterocycles. The second-order valence-corrected chi connectivity index (χ2v) is 13.9. The third-order valence-corrected chi connectivity index (χ3v) is 11.5. The van der Waals surface area contributed by atoms with Crippen LogP contribution in [0, 0.1) is 10.1 Å². The molecule has 0 saturated carbocycles. The van der Waals surface area contributed by atoms with Crippen LogP contribution in [0.25, 0.3) is 0 Å². The molecule has 2 heterocycles. The van der Waals surface area contributed by atoms with Crippen molar-refractivity contribution in [2.45, 2.75) is 19.3 Å². The molecule has 40 heavy (non-hydrogen) atoms. The van der Waals surface area contributed by atoms with Crippen molar-refractivity contribution in [3.8, 4) is 0 Å². The van der Waals surface area contributed by atoms with Crippen LogP contribution in [0.15, 0.2) is 128 Å². The maximum Gasteiger partial charge on any atom is 0.270 e. The highest BCUT2D eigenvalue weighted by Gasteiger charge is 2.47. The van der Waals surface area contributed by atoms with Crippen molar-refractivity contribution >= 4 is 57.4 Å². The minimum Gasteiger partial charge on any atom is -0.346 e. The van der Waals surface area contributed by atoms with Crippen molar-refractivity contribution in [1.82, 2.24) is 0 Å². The van der Waals surface area contributed by atoms with E-state index in [-0.39, 0.29) is 11.1 Å². The summed E-state index contributed by atoms with van der Waals surface area (Å²) in [6.07, 6.45) is 1.97. The Morgan fingerprint density at radius 1 is 0.925 bits per heavy atom. The summed E-state index contributed by atoms with van der Waals surface area (Å²) >= 11 is 3.59. The summed E-state index contributed by atoms with van der Waals surface area (Å²) in [7, 11) is -0.742. The van der Waals surface area contributed by atoms with Crippen molar-refractivity contribution in [2.75, 3.05) is 16.7 Å². The van der Waals surface area contributed by atoms with Gasteiger partial charge in [0.1, 0.15) is 7.21 Å². The minimum atomic E-state index is -2.85. The van der Waals surface area contributed by atoms with E-state index < -0.39 is 12.1 Å². The van der Waals surface area contributed by atoms with Gasteiger partial charge in [-0.3, -0.25) is 10.1 Å². The Morgan fingerprint density at radius 3 is 2.23 bits per heavy atom. The van der Waals surface area contributed by atoms with Crippen molar-refractivity contribution in [3.05, 3.63) is 134 Å². The highest BCUT2D eigenvalue weighted by atomic mass is 79.9. The number of rotatable bonds is 4. The Morgan fingerprint density at radius 2 is 1.57 bits per heavy atom. The van der Waals surface area contributed by atoms with Crippen LogP contribution in [0.3, 0.4) is 0 Å². The molecule has 1 atom stereocenters. The van der Waals surface area contributed by atoms with E-state index in [1.165, 1.54) is 17.7 Å². The van der Waals surface area contributed by atoms with Gasteiger partial charge in [0.25, 0.3) is 5.69 Å². The van der Waals surface area contributed by atoms with E-state index in [2.05, 4.69) is 82.9 Å². The lowest BCUT2D eigenvalue weighted by Crippen LogP contribution is -2.27. The third-order valence-electron chi connectivity index (χ3n) is 7.51. The summed E-state index contributed by atoms with van der Waals surface area (Å²) < 4.78 is 8.18. The molecule has 2 aliphatic rings. The second-order valence-electron chi connectivity index (χ2n) is 10.2. The monoisotopic (exact) mass is 611 g/mol. The second kappa shape index (κ2) is 9.88. The zero-order chi connectivity index (χ0) is 28.1. The first-order chi connectivity index (χ1) is 19.2. The van der Waals surface area contributed by atoms with Gasteiger partial charge in [-0.1, -0.05) is 80.6 Å². The molecule has 0 N–H and O–H groups in total. The zero-order valence-corrected chi connectivity index (χ0v) is 24.8. The molecule has 0 bridgehead atoms. The van der Waals surface area contributed by atoms with E-state index in [9.17, 15) is 10.1 Å². The fraction of sp³-hybridized carbons (Fsp3) is 0.129. The fourth-order valence-electron chi connectivity index (χ4n) is 5.71. The molecule has 4 aromatic rings. The summed E-state index contributed by atoms with van der Waals surface area (Å²) in [6.45, 7) is 4.50. The van der Waals surface area contributed by atoms with Crippen molar-refractivity contribution in [3.63, 3.8) is 0 Å². The molecule has 0 amide bonds. The number of para-hydroxylation sites is 2. The van der Waals surface area contributed by atoms with Crippen LogP contribution in [0.2, 0.25) is 0 Å². The highest BCUT2D eigenvalue weighted by Crippen LogP contribution is 2.68. The van der Waals surface area contributed by atoms with Gasteiger partial charge in [0, 0.05) is 45.8 Å². The highest BCUT2D eigenvalue weighted by molar-refractivity contribution is 9.10. The lowest BCUT2D eigenvalue weighted by atomic mass is 9.84. The first-order valence-electron chi connectivity index (χ1n) is 12.9. The van der Waals surface area contributed by atoms with Gasteiger partial charge >= 0.3 is 0 Å². The minimum absolute atomic E-state index is 0.00574.